The fourth-order valence-electron chi connectivity index (χ4n) is 2.45. The highest BCUT2D eigenvalue weighted by Crippen LogP contribution is 2.31. The van der Waals surface area contributed by atoms with Crippen LogP contribution in [0.4, 0.5) is 0 Å². The monoisotopic (exact) mass is 200 g/mol. The summed E-state index contributed by atoms with van der Waals surface area (Å²) in [6.07, 6.45) is 2.01. The van der Waals surface area contributed by atoms with E-state index in [1.54, 1.807) is 0 Å². The van der Waals surface area contributed by atoms with Crippen molar-refractivity contribution in [1.82, 2.24) is 5.32 Å². The van der Waals surface area contributed by atoms with Crippen molar-refractivity contribution in [1.29, 1.82) is 0 Å². The molecule has 1 heterocycles. The first kappa shape index (κ1) is 12.0. The lowest BCUT2D eigenvalue weighted by Gasteiger charge is -2.46. The highest BCUT2D eigenvalue weighted by atomic mass is 16.5. The van der Waals surface area contributed by atoms with E-state index in [0.29, 0.717) is 12.6 Å². The summed E-state index contributed by atoms with van der Waals surface area (Å²) in [5, 5.41) is 3.60. The van der Waals surface area contributed by atoms with Gasteiger partial charge in [-0.3, -0.25) is 0 Å². The zero-order chi connectivity index (χ0) is 10.8. The zero-order valence-electron chi connectivity index (χ0n) is 9.89. The Kier molecular flexibility index (Phi) is 3.56. The van der Waals surface area contributed by atoms with Gasteiger partial charge < -0.3 is 15.8 Å². The van der Waals surface area contributed by atoms with E-state index in [9.17, 15) is 0 Å². The van der Waals surface area contributed by atoms with Gasteiger partial charge in [-0.15, -0.1) is 0 Å². The normalized spacial score (nSPS) is 32.1. The number of hydrogen-bond acceptors (Lipinski definition) is 3. The van der Waals surface area contributed by atoms with Gasteiger partial charge in [0, 0.05) is 24.7 Å². The minimum absolute atomic E-state index is 0.0422. The second-order valence-corrected chi connectivity index (χ2v) is 5.32. The topological polar surface area (TPSA) is 47.3 Å². The molecule has 0 aliphatic carbocycles. The van der Waals surface area contributed by atoms with E-state index < -0.39 is 0 Å². The molecule has 0 radical (unpaired) electrons. The molecule has 14 heavy (non-hydrogen) atoms. The molecule has 0 amide bonds. The molecule has 3 nitrogen and oxygen atoms in total. The Labute approximate surface area is 87.4 Å². The van der Waals surface area contributed by atoms with Crippen LogP contribution in [-0.4, -0.2) is 30.3 Å². The lowest BCUT2D eigenvalue weighted by Crippen LogP contribution is -2.60. The van der Waals surface area contributed by atoms with Crippen LogP contribution < -0.4 is 11.1 Å². The quantitative estimate of drug-likeness (QED) is 0.721. The Morgan fingerprint density at radius 1 is 1.43 bits per heavy atom. The summed E-state index contributed by atoms with van der Waals surface area (Å²) in [7, 11) is 0. The highest BCUT2D eigenvalue weighted by Gasteiger charge is 2.39. The number of rotatable bonds is 3. The molecular formula is C11H24N2O. The van der Waals surface area contributed by atoms with Gasteiger partial charge in [0.2, 0.25) is 0 Å². The fraction of sp³-hybridized carbons (Fsp3) is 1.00. The van der Waals surface area contributed by atoms with Gasteiger partial charge in [0.1, 0.15) is 0 Å². The van der Waals surface area contributed by atoms with Crippen LogP contribution in [-0.2, 0) is 4.74 Å². The fourth-order valence-corrected chi connectivity index (χ4v) is 2.45. The summed E-state index contributed by atoms with van der Waals surface area (Å²) in [6, 6.07) is 0.479. The van der Waals surface area contributed by atoms with Gasteiger partial charge in [-0.05, 0) is 26.7 Å². The largest absolute Gasteiger partial charge is 0.375 e. The van der Waals surface area contributed by atoms with E-state index in [4.69, 9.17) is 10.5 Å². The average molecular weight is 200 g/mol. The van der Waals surface area contributed by atoms with Gasteiger partial charge in [0.25, 0.3) is 0 Å². The van der Waals surface area contributed by atoms with E-state index in [2.05, 4.69) is 33.0 Å². The molecule has 3 N–H and O–H groups in total. The third-order valence-corrected chi connectivity index (χ3v) is 2.82. The molecule has 1 aliphatic heterocycles. The zero-order valence-corrected chi connectivity index (χ0v) is 9.89. The molecule has 0 aromatic carbocycles. The van der Waals surface area contributed by atoms with E-state index in [1.807, 2.05) is 0 Å². The Balaban J connectivity index is 2.68. The van der Waals surface area contributed by atoms with Crippen LogP contribution in [0.2, 0.25) is 0 Å². The second kappa shape index (κ2) is 4.17. The summed E-state index contributed by atoms with van der Waals surface area (Å²) in [4.78, 5) is 0. The van der Waals surface area contributed by atoms with Gasteiger partial charge in [-0.25, -0.2) is 0 Å². The summed E-state index contributed by atoms with van der Waals surface area (Å²) < 4.78 is 5.71. The van der Waals surface area contributed by atoms with Crippen molar-refractivity contribution in [2.24, 2.45) is 5.73 Å². The number of nitrogens with one attached hydrogen (secondary N) is 1. The minimum atomic E-state index is -0.0422. The van der Waals surface area contributed by atoms with Crippen LogP contribution in [0.1, 0.15) is 40.5 Å². The molecule has 1 rings (SSSR count). The molecule has 84 valence electrons. The predicted molar refractivity (Wildman–Crippen MR) is 59.3 cm³/mol. The third kappa shape index (κ3) is 2.94. The van der Waals surface area contributed by atoms with E-state index in [-0.39, 0.29) is 11.1 Å². The van der Waals surface area contributed by atoms with Crippen molar-refractivity contribution in [2.45, 2.75) is 57.7 Å². The van der Waals surface area contributed by atoms with Crippen molar-refractivity contribution in [3.05, 3.63) is 0 Å². The number of nitrogens with two attached hydrogens (primary N) is 1. The van der Waals surface area contributed by atoms with Crippen molar-refractivity contribution in [3.8, 4) is 0 Å². The van der Waals surface area contributed by atoms with Gasteiger partial charge >= 0.3 is 0 Å². The molecule has 1 unspecified atom stereocenters. The van der Waals surface area contributed by atoms with Crippen LogP contribution in [0.3, 0.4) is 0 Å². The van der Waals surface area contributed by atoms with E-state index >= 15 is 0 Å². The van der Waals surface area contributed by atoms with Crippen molar-refractivity contribution in [3.63, 3.8) is 0 Å². The summed E-state index contributed by atoms with van der Waals surface area (Å²) >= 11 is 0. The maximum Gasteiger partial charge on any atom is 0.0644 e. The second-order valence-electron chi connectivity index (χ2n) is 5.32. The maximum atomic E-state index is 5.89. The lowest BCUT2D eigenvalue weighted by atomic mass is 9.81. The molecule has 3 heteroatoms. The molecule has 0 aromatic rings. The molecule has 1 saturated heterocycles. The Bertz CT molecular complexity index is 192. The molecule has 0 saturated carbocycles. The van der Waals surface area contributed by atoms with Crippen molar-refractivity contribution < 1.29 is 4.74 Å². The third-order valence-electron chi connectivity index (χ3n) is 2.82. The van der Waals surface area contributed by atoms with Crippen LogP contribution >= 0.6 is 0 Å². The maximum absolute atomic E-state index is 5.89. The first-order chi connectivity index (χ1) is 6.39. The number of hydrogen-bond donors (Lipinski definition) is 2. The van der Waals surface area contributed by atoms with Crippen LogP contribution in [0.15, 0.2) is 0 Å². The molecule has 1 aliphatic rings. The number of ether oxygens (including phenoxy) is 1. The van der Waals surface area contributed by atoms with Gasteiger partial charge in [-0.2, -0.15) is 0 Å². The minimum Gasteiger partial charge on any atom is -0.375 e. The van der Waals surface area contributed by atoms with Crippen LogP contribution in [0.5, 0.6) is 0 Å². The summed E-state index contributed by atoms with van der Waals surface area (Å²) in [5.41, 5.74) is 5.93. The Hall–Kier alpha value is -0.120. The Morgan fingerprint density at radius 2 is 2.07 bits per heavy atom. The summed E-state index contributed by atoms with van der Waals surface area (Å²) in [5.74, 6) is 0. The standard InChI is InChI=1S/C11H24N2O/c1-9(2)13-11(8-12)5-6-14-10(3,4)7-11/h9,13H,5-8,12H2,1-4H3. The molecule has 1 fully saturated rings. The smallest absolute Gasteiger partial charge is 0.0644 e. The molecule has 1 atom stereocenters. The average Bonchev–Trinajstić information content (AvgIpc) is 2.01. The van der Waals surface area contributed by atoms with Crippen LogP contribution in [0, 0.1) is 0 Å². The molecule has 0 aromatic heterocycles. The van der Waals surface area contributed by atoms with E-state index in [1.165, 1.54) is 0 Å². The highest BCUT2D eigenvalue weighted by molar-refractivity contribution is 4.98. The molecule has 0 bridgehead atoms. The lowest BCUT2D eigenvalue weighted by molar-refractivity contribution is -0.0871. The van der Waals surface area contributed by atoms with Gasteiger partial charge in [0.15, 0.2) is 0 Å². The molecule has 0 spiro atoms. The predicted octanol–water partition coefficient (Wildman–Crippen LogP) is 1.27. The first-order valence-electron chi connectivity index (χ1n) is 5.51. The van der Waals surface area contributed by atoms with Gasteiger partial charge in [0.05, 0.1) is 5.60 Å². The SMILES string of the molecule is CC(C)NC1(CN)CCOC(C)(C)C1. The van der Waals surface area contributed by atoms with Crippen molar-refractivity contribution >= 4 is 0 Å². The van der Waals surface area contributed by atoms with E-state index in [0.717, 1.165) is 19.4 Å². The molecular weight excluding hydrogens is 176 g/mol. The first-order valence-corrected chi connectivity index (χ1v) is 5.51. The van der Waals surface area contributed by atoms with Gasteiger partial charge in [-0.1, -0.05) is 13.8 Å². The Morgan fingerprint density at radius 3 is 2.50 bits per heavy atom. The van der Waals surface area contributed by atoms with Crippen molar-refractivity contribution in [2.75, 3.05) is 13.2 Å². The van der Waals surface area contributed by atoms with Crippen LogP contribution in [0.25, 0.3) is 0 Å². The summed E-state index contributed by atoms with van der Waals surface area (Å²) in [6.45, 7) is 10.1.